The first-order valence-corrected chi connectivity index (χ1v) is 6.17. The Kier molecular flexibility index (Phi) is 5.10. The van der Waals surface area contributed by atoms with Gasteiger partial charge in [-0.25, -0.2) is 4.79 Å². The number of ketones is 1. The fraction of sp³-hybridized carbons (Fsp3) is 0.400. The van der Waals surface area contributed by atoms with Crippen LogP contribution < -0.4 is 5.32 Å². The second kappa shape index (κ2) is 6.36. The summed E-state index contributed by atoms with van der Waals surface area (Å²) >= 11 is 0. The summed E-state index contributed by atoms with van der Waals surface area (Å²) in [5.74, 6) is -0.338. The van der Waals surface area contributed by atoms with Gasteiger partial charge in [-0.15, -0.1) is 0 Å². The summed E-state index contributed by atoms with van der Waals surface area (Å²) in [6, 6.07) is 8.78. The first kappa shape index (κ1) is 15.2. The molecule has 103 valence electrons. The lowest BCUT2D eigenvalue weighted by Crippen LogP contribution is -2.44. The van der Waals surface area contributed by atoms with Gasteiger partial charge in [0.1, 0.15) is 5.60 Å². The number of rotatable bonds is 4. The highest BCUT2D eigenvalue weighted by molar-refractivity contribution is 5.90. The maximum absolute atomic E-state index is 11.7. The van der Waals surface area contributed by atoms with Crippen LogP contribution in [0, 0.1) is 6.92 Å². The van der Waals surface area contributed by atoms with Gasteiger partial charge in [-0.2, -0.15) is 0 Å². The van der Waals surface area contributed by atoms with Crippen molar-refractivity contribution in [3.8, 4) is 0 Å². The molecule has 1 aromatic rings. The molecular weight excluding hydrogens is 242 g/mol. The number of Topliss-reactive ketones (excluding diaryl/α,β-unsaturated/α-hetero) is 1. The van der Waals surface area contributed by atoms with E-state index in [1.807, 2.05) is 30.3 Å². The Hall–Kier alpha value is -1.84. The van der Waals surface area contributed by atoms with Crippen LogP contribution in [0.15, 0.2) is 30.3 Å². The quantitative estimate of drug-likeness (QED) is 0.907. The van der Waals surface area contributed by atoms with E-state index in [4.69, 9.17) is 4.74 Å². The van der Waals surface area contributed by atoms with Gasteiger partial charge in [-0.05, 0) is 32.8 Å². The molecule has 0 saturated carbocycles. The van der Waals surface area contributed by atoms with E-state index in [-0.39, 0.29) is 5.78 Å². The number of hydrogen-bond donors (Lipinski definition) is 1. The van der Waals surface area contributed by atoms with E-state index in [1.165, 1.54) is 0 Å². The van der Waals surface area contributed by atoms with Gasteiger partial charge in [-0.1, -0.05) is 30.3 Å². The number of benzene rings is 1. The van der Waals surface area contributed by atoms with E-state index >= 15 is 0 Å². The molecule has 0 aliphatic rings. The number of carbonyl (C=O) groups excluding carboxylic acids is 2. The average molecular weight is 262 g/mol. The van der Waals surface area contributed by atoms with Crippen molar-refractivity contribution in [2.24, 2.45) is 0 Å². The Morgan fingerprint density at radius 2 is 1.84 bits per heavy atom. The maximum Gasteiger partial charge on any atom is 0.408 e. The van der Waals surface area contributed by atoms with Crippen LogP contribution in [0.4, 0.5) is 4.79 Å². The van der Waals surface area contributed by atoms with Crippen molar-refractivity contribution in [3.05, 3.63) is 42.8 Å². The van der Waals surface area contributed by atoms with Gasteiger partial charge in [0.25, 0.3) is 0 Å². The highest BCUT2D eigenvalue weighted by atomic mass is 16.6. The fourth-order valence-corrected chi connectivity index (χ4v) is 1.54. The Morgan fingerprint density at radius 1 is 1.26 bits per heavy atom. The van der Waals surface area contributed by atoms with Crippen LogP contribution >= 0.6 is 0 Å². The fourth-order valence-electron chi connectivity index (χ4n) is 1.54. The van der Waals surface area contributed by atoms with Crippen molar-refractivity contribution in [1.29, 1.82) is 0 Å². The molecule has 0 fully saturated rings. The highest BCUT2D eigenvalue weighted by Gasteiger charge is 2.22. The third-order valence-electron chi connectivity index (χ3n) is 2.36. The third kappa shape index (κ3) is 6.04. The van der Waals surface area contributed by atoms with Gasteiger partial charge in [0.2, 0.25) is 0 Å². The molecule has 1 unspecified atom stereocenters. The normalized spacial score (nSPS) is 12.6. The largest absolute Gasteiger partial charge is 0.444 e. The molecule has 1 amide bonds. The summed E-state index contributed by atoms with van der Waals surface area (Å²) < 4.78 is 5.13. The summed E-state index contributed by atoms with van der Waals surface area (Å²) in [7, 11) is 0. The molecule has 1 radical (unpaired) electrons. The summed E-state index contributed by atoms with van der Waals surface area (Å²) in [6.07, 6.45) is -0.201. The summed E-state index contributed by atoms with van der Waals surface area (Å²) in [5.41, 5.74) is 0.367. The lowest BCUT2D eigenvalue weighted by atomic mass is 10.0. The monoisotopic (exact) mass is 262 g/mol. The topological polar surface area (TPSA) is 55.4 Å². The lowest BCUT2D eigenvalue weighted by Gasteiger charge is -2.22. The first-order chi connectivity index (χ1) is 8.78. The smallest absolute Gasteiger partial charge is 0.408 e. The van der Waals surface area contributed by atoms with Crippen LogP contribution in [0.25, 0.3) is 0 Å². The predicted octanol–water partition coefficient (Wildman–Crippen LogP) is 2.53. The van der Waals surface area contributed by atoms with E-state index in [0.717, 1.165) is 5.56 Å². The van der Waals surface area contributed by atoms with E-state index in [2.05, 4.69) is 12.2 Å². The van der Waals surface area contributed by atoms with E-state index in [9.17, 15) is 9.59 Å². The van der Waals surface area contributed by atoms with Gasteiger partial charge in [0.05, 0.1) is 6.04 Å². The molecule has 0 aromatic heterocycles. The van der Waals surface area contributed by atoms with Crippen LogP contribution in [0.2, 0.25) is 0 Å². The Balaban J connectivity index is 2.64. The number of hydrogen-bond acceptors (Lipinski definition) is 3. The zero-order valence-electron chi connectivity index (χ0n) is 11.6. The lowest BCUT2D eigenvalue weighted by molar-refractivity contribution is -0.116. The Labute approximate surface area is 114 Å². The third-order valence-corrected chi connectivity index (χ3v) is 2.36. The SMILES string of the molecule is [CH2]C(=O)C(Cc1ccccc1)NC(=O)OC(C)(C)C. The number of amides is 1. The first-order valence-electron chi connectivity index (χ1n) is 6.17. The molecule has 0 heterocycles. The van der Waals surface area contributed by atoms with Crippen LogP contribution in [0.5, 0.6) is 0 Å². The van der Waals surface area contributed by atoms with Crippen LogP contribution in [0.3, 0.4) is 0 Å². The Morgan fingerprint density at radius 3 is 2.32 bits per heavy atom. The molecule has 0 aliphatic carbocycles. The van der Waals surface area contributed by atoms with E-state index in [1.54, 1.807) is 20.8 Å². The van der Waals surface area contributed by atoms with Gasteiger partial charge >= 0.3 is 6.09 Å². The molecule has 0 saturated heterocycles. The minimum Gasteiger partial charge on any atom is -0.444 e. The highest BCUT2D eigenvalue weighted by Crippen LogP contribution is 2.08. The standard InChI is InChI=1S/C15H20NO3/c1-11(17)13(10-12-8-6-5-7-9-12)16-14(18)19-15(2,3)4/h5-9,13H,1,10H2,2-4H3,(H,16,18). The van der Waals surface area contributed by atoms with E-state index in [0.29, 0.717) is 6.42 Å². The second-order valence-corrected chi connectivity index (χ2v) is 5.35. The average Bonchev–Trinajstić information content (AvgIpc) is 2.26. The number of ether oxygens (including phenoxy) is 1. The predicted molar refractivity (Wildman–Crippen MR) is 73.7 cm³/mol. The molecule has 1 atom stereocenters. The van der Waals surface area contributed by atoms with Gasteiger partial charge in [0.15, 0.2) is 5.78 Å². The van der Waals surface area contributed by atoms with Crippen molar-refractivity contribution in [2.75, 3.05) is 0 Å². The van der Waals surface area contributed by atoms with Crippen LogP contribution in [-0.4, -0.2) is 23.5 Å². The van der Waals surface area contributed by atoms with Gasteiger partial charge in [-0.3, -0.25) is 4.79 Å². The molecule has 0 aliphatic heterocycles. The van der Waals surface area contributed by atoms with Gasteiger partial charge < -0.3 is 10.1 Å². The van der Waals surface area contributed by atoms with Crippen molar-refractivity contribution in [3.63, 3.8) is 0 Å². The number of alkyl carbamates (subject to hydrolysis) is 1. The number of nitrogens with one attached hydrogen (secondary N) is 1. The minimum atomic E-state index is -0.669. The van der Waals surface area contributed by atoms with Gasteiger partial charge in [0, 0.05) is 6.92 Å². The molecule has 19 heavy (non-hydrogen) atoms. The molecule has 1 rings (SSSR count). The molecular formula is C15H20NO3. The van der Waals surface area contributed by atoms with Crippen molar-refractivity contribution in [2.45, 2.75) is 38.8 Å². The van der Waals surface area contributed by atoms with Crippen molar-refractivity contribution in [1.82, 2.24) is 5.32 Å². The maximum atomic E-state index is 11.7. The molecule has 1 aromatic carbocycles. The molecule has 1 N–H and O–H groups in total. The van der Waals surface area contributed by atoms with Crippen LogP contribution in [0.1, 0.15) is 26.3 Å². The molecule has 0 spiro atoms. The summed E-state index contributed by atoms with van der Waals surface area (Å²) in [6.45, 7) is 8.68. The molecule has 4 nitrogen and oxygen atoms in total. The molecule has 4 heteroatoms. The van der Waals surface area contributed by atoms with Crippen molar-refractivity contribution < 1.29 is 14.3 Å². The molecule has 0 bridgehead atoms. The summed E-state index contributed by atoms with van der Waals surface area (Å²) in [4.78, 5) is 23.1. The second-order valence-electron chi connectivity index (χ2n) is 5.35. The van der Waals surface area contributed by atoms with Crippen molar-refractivity contribution >= 4 is 11.9 Å². The van der Waals surface area contributed by atoms with E-state index < -0.39 is 17.7 Å². The van der Waals surface area contributed by atoms with Crippen LogP contribution in [-0.2, 0) is 16.0 Å². The minimum absolute atomic E-state index is 0.338. The zero-order valence-corrected chi connectivity index (χ0v) is 11.6. The zero-order chi connectivity index (χ0) is 14.5. The Bertz CT molecular complexity index is 434. The number of carbonyl (C=O) groups is 2. The summed E-state index contributed by atoms with van der Waals surface area (Å²) in [5, 5.41) is 2.55.